The van der Waals surface area contributed by atoms with E-state index < -0.39 is 0 Å². The molecule has 0 radical (unpaired) electrons. The molecule has 0 bridgehead atoms. The summed E-state index contributed by atoms with van der Waals surface area (Å²) in [4.78, 5) is 6.67. The van der Waals surface area contributed by atoms with E-state index in [9.17, 15) is 4.39 Å². The van der Waals surface area contributed by atoms with E-state index in [1.165, 1.54) is 6.07 Å². The van der Waals surface area contributed by atoms with Gasteiger partial charge in [0.25, 0.3) is 0 Å². The van der Waals surface area contributed by atoms with Gasteiger partial charge in [0.15, 0.2) is 5.96 Å². The zero-order chi connectivity index (χ0) is 19.9. The number of rotatable bonds is 6. The summed E-state index contributed by atoms with van der Waals surface area (Å²) in [5.74, 6) is 2.36. The Morgan fingerprint density at radius 2 is 1.96 bits per heavy atom. The Labute approximate surface area is 165 Å². The van der Waals surface area contributed by atoms with Crippen molar-refractivity contribution in [1.29, 1.82) is 0 Å². The lowest BCUT2D eigenvalue weighted by Crippen LogP contribution is -2.46. The van der Waals surface area contributed by atoms with Gasteiger partial charge in [-0.15, -0.1) is 0 Å². The number of nitrogens with zero attached hydrogens (tertiary/aromatic N) is 2. The standard InChI is InChI=1S/C21H29FN4O2/c1-15-12-17(5-6-18(15)22)13-24-21(23-3)25-14-19(20-7-4-16(2)28-20)26-8-10-27-11-9-26/h4-7,12,19H,8-11,13-14H2,1-3H3,(H2,23,24,25). The van der Waals surface area contributed by atoms with Gasteiger partial charge in [0.05, 0.1) is 19.3 Å². The lowest BCUT2D eigenvalue weighted by atomic mass is 10.1. The molecule has 1 atom stereocenters. The van der Waals surface area contributed by atoms with Gasteiger partial charge in [-0.05, 0) is 43.2 Å². The molecule has 1 fully saturated rings. The molecule has 0 saturated carbocycles. The van der Waals surface area contributed by atoms with Crippen LogP contribution in [0.25, 0.3) is 0 Å². The fraction of sp³-hybridized carbons (Fsp3) is 0.476. The molecule has 1 aromatic heterocycles. The Morgan fingerprint density at radius 3 is 2.61 bits per heavy atom. The molecule has 1 saturated heterocycles. The summed E-state index contributed by atoms with van der Waals surface area (Å²) >= 11 is 0. The minimum Gasteiger partial charge on any atom is -0.465 e. The third-order valence-corrected chi connectivity index (χ3v) is 4.94. The van der Waals surface area contributed by atoms with Crippen LogP contribution in [-0.4, -0.2) is 50.8 Å². The van der Waals surface area contributed by atoms with Gasteiger partial charge in [-0.1, -0.05) is 12.1 Å². The number of halogens is 1. The summed E-state index contributed by atoms with van der Waals surface area (Å²) in [5, 5.41) is 6.68. The highest BCUT2D eigenvalue weighted by atomic mass is 19.1. The number of ether oxygens (including phenoxy) is 1. The first kappa shape index (κ1) is 20.4. The number of morpholine rings is 1. The van der Waals surface area contributed by atoms with Crippen molar-refractivity contribution in [3.63, 3.8) is 0 Å². The van der Waals surface area contributed by atoms with E-state index in [0.29, 0.717) is 24.6 Å². The molecule has 1 aromatic carbocycles. The number of nitrogens with one attached hydrogen (secondary N) is 2. The van der Waals surface area contributed by atoms with Crippen LogP contribution in [0.15, 0.2) is 39.7 Å². The molecule has 1 unspecified atom stereocenters. The van der Waals surface area contributed by atoms with E-state index in [1.54, 1.807) is 20.0 Å². The molecule has 3 rings (SSSR count). The zero-order valence-corrected chi connectivity index (χ0v) is 16.8. The van der Waals surface area contributed by atoms with Crippen molar-refractivity contribution in [2.24, 2.45) is 4.99 Å². The van der Waals surface area contributed by atoms with Crippen molar-refractivity contribution in [2.45, 2.75) is 26.4 Å². The van der Waals surface area contributed by atoms with Crippen molar-refractivity contribution in [3.8, 4) is 0 Å². The second kappa shape index (κ2) is 9.71. The molecule has 28 heavy (non-hydrogen) atoms. The summed E-state index contributed by atoms with van der Waals surface area (Å²) in [6.45, 7) is 8.15. The minimum atomic E-state index is -0.187. The molecule has 7 heteroatoms. The molecule has 6 nitrogen and oxygen atoms in total. The van der Waals surface area contributed by atoms with Crippen LogP contribution in [0.4, 0.5) is 4.39 Å². The van der Waals surface area contributed by atoms with Gasteiger partial charge in [0.2, 0.25) is 0 Å². The van der Waals surface area contributed by atoms with Crippen molar-refractivity contribution >= 4 is 5.96 Å². The Morgan fingerprint density at radius 1 is 1.18 bits per heavy atom. The summed E-state index contributed by atoms with van der Waals surface area (Å²) in [6, 6.07) is 9.25. The van der Waals surface area contributed by atoms with Gasteiger partial charge in [0.1, 0.15) is 17.3 Å². The highest BCUT2D eigenvalue weighted by molar-refractivity contribution is 5.79. The zero-order valence-electron chi connectivity index (χ0n) is 16.8. The van der Waals surface area contributed by atoms with Crippen molar-refractivity contribution in [3.05, 3.63) is 58.8 Å². The third kappa shape index (κ3) is 5.33. The molecule has 152 valence electrons. The molecule has 1 aliphatic heterocycles. The van der Waals surface area contributed by atoms with Crippen molar-refractivity contribution in [2.75, 3.05) is 39.9 Å². The second-order valence-corrected chi connectivity index (χ2v) is 7.00. The van der Waals surface area contributed by atoms with Crippen LogP contribution in [-0.2, 0) is 11.3 Å². The highest BCUT2D eigenvalue weighted by Crippen LogP contribution is 2.23. The highest BCUT2D eigenvalue weighted by Gasteiger charge is 2.25. The number of aryl methyl sites for hydroxylation is 2. The Hall–Kier alpha value is -2.38. The third-order valence-electron chi connectivity index (χ3n) is 4.94. The fourth-order valence-corrected chi connectivity index (χ4v) is 3.35. The SMILES string of the molecule is CN=C(NCc1ccc(F)c(C)c1)NCC(c1ccc(C)o1)N1CCOCC1. The van der Waals surface area contributed by atoms with Crippen molar-refractivity contribution < 1.29 is 13.5 Å². The average Bonchev–Trinajstić information content (AvgIpc) is 3.14. The molecule has 2 N–H and O–H groups in total. The molecule has 0 amide bonds. The molecule has 0 aliphatic carbocycles. The van der Waals surface area contributed by atoms with Gasteiger partial charge >= 0.3 is 0 Å². The lowest BCUT2D eigenvalue weighted by molar-refractivity contribution is 0.0124. The molecule has 0 spiro atoms. The van der Waals surface area contributed by atoms with Crippen molar-refractivity contribution in [1.82, 2.24) is 15.5 Å². The maximum atomic E-state index is 13.4. The van der Waals surface area contributed by atoms with Crippen LogP contribution < -0.4 is 10.6 Å². The first-order chi connectivity index (χ1) is 13.6. The molecular formula is C21H29FN4O2. The normalized spacial score (nSPS) is 16.8. The number of benzene rings is 1. The van der Waals surface area contributed by atoms with E-state index in [1.807, 2.05) is 25.1 Å². The van der Waals surface area contributed by atoms with E-state index in [2.05, 4.69) is 20.5 Å². The Bertz CT molecular complexity index is 799. The van der Waals surface area contributed by atoms with Gasteiger partial charge in [-0.25, -0.2) is 4.39 Å². The van der Waals surface area contributed by atoms with Gasteiger partial charge in [0, 0.05) is 33.2 Å². The van der Waals surface area contributed by atoms with Gasteiger partial charge in [-0.2, -0.15) is 0 Å². The van der Waals surface area contributed by atoms with E-state index in [0.717, 1.165) is 43.4 Å². The second-order valence-electron chi connectivity index (χ2n) is 7.00. The summed E-state index contributed by atoms with van der Waals surface area (Å²) < 4.78 is 24.8. The fourth-order valence-electron chi connectivity index (χ4n) is 3.35. The van der Waals surface area contributed by atoms with Crippen LogP contribution in [0.3, 0.4) is 0 Å². The molecule has 1 aliphatic rings. The number of furan rings is 1. The monoisotopic (exact) mass is 388 g/mol. The lowest BCUT2D eigenvalue weighted by Gasteiger charge is -2.33. The Balaban J connectivity index is 1.60. The summed E-state index contributed by atoms with van der Waals surface area (Å²) in [6.07, 6.45) is 0. The average molecular weight is 388 g/mol. The van der Waals surface area contributed by atoms with Gasteiger partial charge in [-0.3, -0.25) is 9.89 Å². The largest absolute Gasteiger partial charge is 0.465 e. The van der Waals surface area contributed by atoms with E-state index in [4.69, 9.17) is 9.15 Å². The van der Waals surface area contributed by atoms with Crippen LogP contribution >= 0.6 is 0 Å². The molecule has 2 heterocycles. The number of guanidine groups is 1. The maximum Gasteiger partial charge on any atom is 0.191 e. The van der Waals surface area contributed by atoms with E-state index in [-0.39, 0.29) is 11.9 Å². The first-order valence-corrected chi connectivity index (χ1v) is 9.64. The number of aliphatic imine (C=N–C) groups is 1. The maximum absolute atomic E-state index is 13.4. The summed E-state index contributed by atoms with van der Waals surface area (Å²) in [5.41, 5.74) is 1.65. The molecule has 2 aromatic rings. The smallest absolute Gasteiger partial charge is 0.191 e. The molecular weight excluding hydrogens is 359 g/mol. The first-order valence-electron chi connectivity index (χ1n) is 9.64. The van der Waals surface area contributed by atoms with Crippen LogP contribution in [0.5, 0.6) is 0 Å². The predicted octanol–water partition coefficient (Wildman–Crippen LogP) is 2.77. The van der Waals surface area contributed by atoms with Crippen LogP contribution in [0, 0.1) is 19.7 Å². The van der Waals surface area contributed by atoms with Crippen LogP contribution in [0.1, 0.15) is 28.7 Å². The topological polar surface area (TPSA) is 62.0 Å². The summed E-state index contributed by atoms with van der Waals surface area (Å²) in [7, 11) is 1.74. The number of hydrogen-bond donors (Lipinski definition) is 2. The minimum absolute atomic E-state index is 0.101. The van der Waals surface area contributed by atoms with Crippen LogP contribution in [0.2, 0.25) is 0 Å². The Kier molecular flexibility index (Phi) is 7.06. The number of hydrogen-bond acceptors (Lipinski definition) is 4. The van der Waals surface area contributed by atoms with Gasteiger partial charge < -0.3 is 19.8 Å². The quantitative estimate of drug-likeness (QED) is 0.589. The van der Waals surface area contributed by atoms with E-state index >= 15 is 0 Å². The predicted molar refractivity (Wildman–Crippen MR) is 108 cm³/mol.